The van der Waals surface area contributed by atoms with Crippen LogP contribution in [0.25, 0.3) is 6.08 Å². The minimum absolute atomic E-state index is 0.0148. The number of carbonyl (C=O) groups is 4. The number of anilines is 1. The Morgan fingerprint density at radius 3 is 2.33 bits per heavy atom. The van der Waals surface area contributed by atoms with E-state index in [4.69, 9.17) is 4.74 Å². The van der Waals surface area contributed by atoms with Crippen molar-refractivity contribution in [1.29, 1.82) is 0 Å². The van der Waals surface area contributed by atoms with Crippen molar-refractivity contribution in [1.82, 2.24) is 5.32 Å². The molecule has 36 heavy (non-hydrogen) atoms. The number of benzene rings is 3. The maximum absolute atomic E-state index is 13.1. The molecule has 1 saturated heterocycles. The Labute approximate surface area is 210 Å². The van der Waals surface area contributed by atoms with Gasteiger partial charge in [0.25, 0.3) is 11.8 Å². The second kappa shape index (κ2) is 9.78. The molecule has 182 valence electrons. The molecule has 0 unspecified atom stereocenters. The fourth-order valence-corrected chi connectivity index (χ4v) is 3.57. The van der Waals surface area contributed by atoms with Gasteiger partial charge in [0.15, 0.2) is 0 Å². The van der Waals surface area contributed by atoms with Gasteiger partial charge in [-0.1, -0.05) is 40.2 Å². The van der Waals surface area contributed by atoms with Crippen LogP contribution in [-0.4, -0.2) is 23.8 Å². The van der Waals surface area contributed by atoms with E-state index in [1.54, 1.807) is 24.3 Å². The smallest absolute Gasteiger partial charge is 0.416 e. The first-order valence-electron chi connectivity index (χ1n) is 10.2. The van der Waals surface area contributed by atoms with E-state index in [2.05, 4.69) is 15.9 Å². The van der Waals surface area contributed by atoms with Crippen LogP contribution in [0, 0.1) is 0 Å². The summed E-state index contributed by atoms with van der Waals surface area (Å²) < 4.78 is 45.6. The molecule has 0 radical (unpaired) electrons. The monoisotopic (exact) mass is 558 g/mol. The third-order valence-corrected chi connectivity index (χ3v) is 5.56. The fourth-order valence-electron chi connectivity index (χ4n) is 3.31. The lowest BCUT2D eigenvalue weighted by atomic mass is 10.1. The Kier molecular flexibility index (Phi) is 6.75. The Bertz CT molecular complexity index is 1420. The minimum atomic E-state index is -4.71. The maximum atomic E-state index is 13.1. The zero-order chi connectivity index (χ0) is 26.0. The summed E-state index contributed by atoms with van der Waals surface area (Å²) in [4.78, 5) is 50.9. The Morgan fingerprint density at radius 2 is 1.64 bits per heavy atom. The summed E-state index contributed by atoms with van der Waals surface area (Å²) in [6.07, 6.45) is -3.62. The van der Waals surface area contributed by atoms with Crippen LogP contribution in [0.3, 0.4) is 0 Å². The number of alkyl halides is 3. The van der Waals surface area contributed by atoms with E-state index in [1.807, 2.05) is 5.32 Å². The van der Waals surface area contributed by atoms with Gasteiger partial charge in [0.1, 0.15) is 11.3 Å². The van der Waals surface area contributed by atoms with Gasteiger partial charge in [-0.15, -0.1) is 0 Å². The highest BCUT2D eigenvalue weighted by molar-refractivity contribution is 9.10. The second-order valence-electron chi connectivity index (χ2n) is 7.44. The lowest BCUT2D eigenvalue weighted by Crippen LogP contribution is -2.54. The van der Waals surface area contributed by atoms with E-state index < -0.39 is 41.1 Å². The highest BCUT2D eigenvalue weighted by Crippen LogP contribution is 2.33. The molecule has 4 rings (SSSR count). The van der Waals surface area contributed by atoms with Crippen LogP contribution in [0.15, 0.2) is 82.8 Å². The lowest BCUT2D eigenvalue weighted by molar-refractivity contribution is -0.137. The number of imide groups is 2. The molecule has 0 aliphatic carbocycles. The molecule has 1 N–H and O–H groups in total. The van der Waals surface area contributed by atoms with Crippen LogP contribution in [0.5, 0.6) is 5.75 Å². The number of hydrogen-bond acceptors (Lipinski definition) is 5. The summed E-state index contributed by atoms with van der Waals surface area (Å²) in [6.45, 7) is 0. The lowest BCUT2D eigenvalue weighted by Gasteiger charge is -2.27. The molecule has 0 bridgehead atoms. The van der Waals surface area contributed by atoms with Crippen LogP contribution in [0.4, 0.5) is 23.7 Å². The number of hydrogen-bond donors (Lipinski definition) is 1. The molecule has 11 heteroatoms. The van der Waals surface area contributed by atoms with E-state index in [0.29, 0.717) is 11.0 Å². The van der Waals surface area contributed by atoms with Gasteiger partial charge in [-0.3, -0.25) is 14.9 Å². The average Bonchev–Trinajstić information content (AvgIpc) is 2.82. The molecule has 0 aromatic heterocycles. The number of halogens is 4. The van der Waals surface area contributed by atoms with Gasteiger partial charge in [0.2, 0.25) is 0 Å². The third kappa shape index (κ3) is 5.20. The van der Waals surface area contributed by atoms with Gasteiger partial charge in [0.05, 0.1) is 16.8 Å². The highest BCUT2D eigenvalue weighted by Gasteiger charge is 2.38. The van der Waals surface area contributed by atoms with Crippen LogP contribution in [0.1, 0.15) is 21.5 Å². The Hall–Kier alpha value is -4.25. The molecular weight excluding hydrogens is 545 g/mol. The molecule has 1 aliphatic rings. The zero-order valence-corrected chi connectivity index (χ0v) is 19.6. The predicted octanol–water partition coefficient (Wildman–Crippen LogP) is 5.35. The standard InChI is InChI=1S/C25H14BrF3N2O5/c26-17-10-8-14(9-11-17)23(34)36-20-7-2-1-4-15(20)12-19-21(32)30-24(35)31(22(19)33)18-6-3-5-16(13-18)25(27,28)29/h1-13H,(H,30,32,35)/b19-12-. The summed E-state index contributed by atoms with van der Waals surface area (Å²) in [5, 5.41) is 1.94. The normalized spacial score (nSPS) is 15.2. The summed E-state index contributed by atoms with van der Waals surface area (Å²) in [5.41, 5.74) is -1.60. The minimum Gasteiger partial charge on any atom is -0.422 e. The van der Waals surface area contributed by atoms with Crippen molar-refractivity contribution in [2.45, 2.75) is 6.18 Å². The molecule has 0 atom stereocenters. The van der Waals surface area contributed by atoms with E-state index in [0.717, 1.165) is 28.7 Å². The SMILES string of the molecule is O=C1NC(=O)N(c2cccc(C(F)(F)F)c2)C(=O)/C1=C\c1ccccc1OC(=O)c1ccc(Br)cc1. The number of nitrogens with zero attached hydrogens (tertiary/aromatic N) is 1. The number of rotatable bonds is 4. The summed E-state index contributed by atoms with van der Waals surface area (Å²) in [5.74, 6) is -2.88. The van der Waals surface area contributed by atoms with Crippen molar-refractivity contribution in [3.63, 3.8) is 0 Å². The molecule has 1 aliphatic heterocycles. The summed E-state index contributed by atoms with van der Waals surface area (Å²) >= 11 is 3.27. The zero-order valence-electron chi connectivity index (χ0n) is 18.0. The van der Waals surface area contributed by atoms with Crippen molar-refractivity contribution < 1.29 is 37.1 Å². The predicted molar refractivity (Wildman–Crippen MR) is 126 cm³/mol. The largest absolute Gasteiger partial charge is 0.422 e. The molecule has 1 heterocycles. The molecule has 7 nitrogen and oxygen atoms in total. The Balaban J connectivity index is 1.68. The van der Waals surface area contributed by atoms with Crippen LogP contribution in [0.2, 0.25) is 0 Å². The van der Waals surface area contributed by atoms with Gasteiger partial charge in [-0.25, -0.2) is 14.5 Å². The molecule has 1 fully saturated rings. The van der Waals surface area contributed by atoms with Crippen LogP contribution >= 0.6 is 15.9 Å². The molecular formula is C25H14BrF3N2O5. The first-order valence-corrected chi connectivity index (χ1v) is 11.0. The van der Waals surface area contributed by atoms with Gasteiger partial charge >= 0.3 is 18.2 Å². The number of esters is 1. The van der Waals surface area contributed by atoms with Crippen molar-refractivity contribution >= 4 is 51.5 Å². The quantitative estimate of drug-likeness (QED) is 0.201. The molecule has 0 saturated carbocycles. The van der Waals surface area contributed by atoms with Crippen molar-refractivity contribution in [3.05, 3.63) is 99.5 Å². The van der Waals surface area contributed by atoms with Crippen LogP contribution in [-0.2, 0) is 15.8 Å². The summed E-state index contributed by atoms with van der Waals surface area (Å²) in [7, 11) is 0. The number of nitrogens with one attached hydrogen (secondary N) is 1. The number of para-hydroxylation sites is 1. The molecule has 0 spiro atoms. The first-order chi connectivity index (χ1) is 17.0. The van der Waals surface area contributed by atoms with E-state index in [1.165, 1.54) is 24.3 Å². The number of barbiturate groups is 1. The number of ether oxygens (including phenoxy) is 1. The molecule has 4 amide bonds. The van der Waals surface area contributed by atoms with Crippen molar-refractivity contribution in [3.8, 4) is 5.75 Å². The average molecular weight is 559 g/mol. The second-order valence-corrected chi connectivity index (χ2v) is 8.36. The van der Waals surface area contributed by atoms with Crippen molar-refractivity contribution in [2.24, 2.45) is 0 Å². The van der Waals surface area contributed by atoms with Gasteiger partial charge < -0.3 is 4.74 Å². The first kappa shape index (κ1) is 24.9. The molecule has 3 aromatic carbocycles. The van der Waals surface area contributed by atoms with Gasteiger partial charge in [-0.2, -0.15) is 13.2 Å². The van der Waals surface area contributed by atoms with E-state index in [9.17, 15) is 32.3 Å². The molecule has 3 aromatic rings. The third-order valence-electron chi connectivity index (χ3n) is 5.03. The number of amides is 4. The van der Waals surface area contributed by atoms with E-state index >= 15 is 0 Å². The van der Waals surface area contributed by atoms with Gasteiger partial charge in [-0.05, 0) is 54.6 Å². The fraction of sp³-hybridized carbons (Fsp3) is 0.0400. The Morgan fingerprint density at radius 1 is 0.944 bits per heavy atom. The maximum Gasteiger partial charge on any atom is 0.416 e. The number of urea groups is 1. The summed E-state index contributed by atoms with van der Waals surface area (Å²) in [6, 6.07) is 14.8. The highest BCUT2D eigenvalue weighted by atomic mass is 79.9. The van der Waals surface area contributed by atoms with E-state index in [-0.39, 0.29) is 22.6 Å². The van der Waals surface area contributed by atoms with Gasteiger partial charge in [0, 0.05) is 10.0 Å². The topological polar surface area (TPSA) is 92.8 Å². The van der Waals surface area contributed by atoms with Crippen LogP contribution < -0.4 is 15.0 Å². The number of carbonyl (C=O) groups excluding carboxylic acids is 4. The van der Waals surface area contributed by atoms with Crippen molar-refractivity contribution in [2.75, 3.05) is 4.90 Å².